The summed E-state index contributed by atoms with van der Waals surface area (Å²) in [4.78, 5) is 26.7. The van der Waals surface area contributed by atoms with Crippen molar-refractivity contribution in [2.45, 2.75) is 45.1 Å². The molecule has 28 heavy (non-hydrogen) atoms. The number of aryl methyl sites for hydroxylation is 1. The Morgan fingerprint density at radius 3 is 2.46 bits per heavy atom. The standard InChI is InChI=1S/C23H24N4O/c1-17-12-13-27(21(14-17)26-20-10-6-3-7-11-20)23(28)19-15-24-22(25-16-19)18-8-4-2-5-9-18/h2,4-5,8-9,12-16,20H,3,6-7,10-11H2,1H3. The first kappa shape index (κ1) is 18.3. The lowest BCUT2D eigenvalue weighted by molar-refractivity contribution is 0.0953. The molecular formula is C23H24N4O. The van der Waals surface area contributed by atoms with Crippen LogP contribution < -0.4 is 5.49 Å². The Bertz CT molecular complexity index is 1020. The van der Waals surface area contributed by atoms with E-state index < -0.39 is 0 Å². The van der Waals surface area contributed by atoms with Crippen LogP contribution in [-0.4, -0.2) is 26.5 Å². The molecule has 0 unspecified atom stereocenters. The molecule has 0 spiro atoms. The zero-order valence-corrected chi connectivity index (χ0v) is 16.1. The van der Waals surface area contributed by atoms with Crippen LogP contribution in [0.3, 0.4) is 0 Å². The van der Waals surface area contributed by atoms with Gasteiger partial charge in [-0.05, 0) is 37.5 Å². The first-order chi connectivity index (χ1) is 13.7. The summed E-state index contributed by atoms with van der Waals surface area (Å²) in [6, 6.07) is 13.9. The van der Waals surface area contributed by atoms with Crippen LogP contribution in [0, 0.1) is 6.92 Å². The molecule has 0 radical (unpaired) electrons. The lowest BCUT2D eigenvalue weighted by atomic mass is 9.96. The lowest BCUT2D eigenvalue weighted by Crippen LogP contribution is -2.30. The van der Waals surface area contributed by atoms with Crippen molar-refractivity contribution in [3.8, 4) is 11.4 Å². The van der Waals surface area contributed by atoms with Gasteiger partial charge in [-0.15, -0.1) is 0 Å². The van der Waals surface area contributed by atoms with Gasteiger partial charge in [-0.25, -0.2) is 9.97 Å². The molecular weight excluding hydrogens is 348 g/mol. The minimum atomic E-state index is -0.158. The highest BCUT2D eigenvalue weighted by atomic mass is 16.2. The monoisotopic (exact) mass is 372 g/mol. The van der Waals surface area contributed by atoms with Gasteiger partial charge in [-0.3, -0.25) is 14.4 Å². The number of carbonyl (C=O) groups excluding carboxylic acids is 1. The maximum atomic E-state index is 13.1. The average molecular weight is 372 g/mol. The number of aromatic nitrogens is 3. The lowest BCUT2D eigenvalue weighted by Gasteiger charge is -2.18. The minimum absolute atomic E-state index is 0.158. The summed E-state index contributed by atoms with van der Waals surface area (Å²) in [5.74, 6) is 0.451. The smallest absolute Gasteiger partial charge is 0.266 e. The van der Waals surface area contributed by atoms with E-state index in [1.807, 2.05) is 49.4 Å². The van der Waals surface area contributed by atoms with E-state index in [0.717, 1.165) is 24.0 Å². The Morgan fingerprint density at radius 1 is 1.04 bits per heavy atom. The van der Waals surface area contributed by atoms with Crippen LogP contribution >= 0.6 is 0 Å². The number of hydrogen-bond acceptors (Lipinski definition) is 4. The van der Waals surface area contributed by atoms with E-state index >= 15 is 0 Å². The van der Waals surface area contributed by atoms with Gasteiger partial charge >= 0.3 is 0 Å². The van der Waals surface area contributed by atoms with Crippen LogP contribution in [0.1, 0.15) is 48.0 Å². The van der Waals surface area contributed by atoms with Crippen LogP contribution in [0.15, 0.2) is 66.0 Å². The van der Waals surface area contributed by atoms with Gasteiger partial charge in [0, 0.05) is 24.2 Å². The molecule has 0 atom stereocenters. The van der Waals surface area contributed by atoms with Crippen molar-refractivity contribution in [3.05, 3.63) is 77.7 Å². The fourth-order valence-corrected chi connectivity index (χ4v) is 3.57. The van der Waals surface area contributed by atoms with Gasteiger partial charge in [0.05, 0.1) is 11.6 Å². The highest BCUT2D eigenvalue weighted by molar-refractivity contribution is 5.95. The number of pyridine rings is 1. The molecule has 3 aromatic rings. The number of hydrogen-bond donors (Lipinski definition) is 0. The quantitative estimate of drug-likeness (QED) is 0.693. The molecule has 1 aliphatic carbocycles. The summed E-state index contributed by atoms with van der Waals surface area (Å²) in [6.07, 6.45) is 10.9. The minimum Gasteiger partial charge on any atom is -0.268 e. The summed E-state index contributed by atoms with van der Waals surface area (Å²) in [5, 5.41) is 0. The largest absolute Gasteiger partial charge is 0.268 e. The summed E-state index contributed by atoms with van der Waals surface area (Å²) in [6.45, 7) is 2.02. The van der Waals surface area contributed by atoms with Crippen molar-refractivity contribution in [3.63, 3.8) is 0 Å². The summed E-state index contributed by atoms with van der Waals surface area (Å²) in [5.41, 5.74) is 3.18. The van der Waals surface area contributed by atoms with Crippen molar-refractivity contribution in [2.75, 3.05) is 0 Å². The van der Waals surface area contributed by atoms with E-state index in [-0.39, 0.29) is 5.91 Å². The molecule has 0 amide bonds. The molecule has 2 aromatic heterocycles. The highest BCUT2D eigenvalue weighted by Crippen LogP contribution is 2.19. The van der Waals surface area contributed by atoms with E-state index in [4.69, 9.17) is 4.99 Å². The van der Waals surface area contributed by atoms with Crippen LogP contribution in [0.5, 0.6) is 0 Å². The molecule has 0 aliphatic heterocycles. The van der Waals surface area contributed by atoms with Crippen LogP contribution in [0.25, 0.3) is 11.4 Å². The topological polar surface area (TPSA) is 60.1 Å². The number of carbonyl (C=O) groups is 1. The summed E-state index contributed by atoms with van der Waals surface area (Å²) in [7, 11) is 0. The highest BCUT2D eigenvalue weighted by Gasteiger charge is 2.15. The Hall–Kier alpha value is -3.08. The maximum Gasteiger partial charge on any atom is 0.266 e. The van der Waals surface area contributed by atoms with Crippen LogP contribution in [0.2, 0.25) is 0 Å². The van der Waals surface area contributed by atoms with Crippen LogP contribution in [0.4, 0.5) is 0 Å². The fourth-order valence-electron chi connectivity index (χ4n) is 3.57. The molecule has 0 bridgehead atoms. The molecule has 2 heterocycles. The zero-order chi connectivity index (χ0) is 19.3. The Morgan fingerprint density at radius 2 is 1.75 bits per heavy atom. The Labute approximate surface area is 164 Å². The van der Waals surface area contributed by atoms with Gasteiger partial charge < -0.3 is 0 Å². The fraction of sp³-hybridized carbons (Fsp3) is 0.304. The Kier molecular flexibility index (Phi) is 5.42. The summed E-state index contributed by atoms with van der Waals surface area (Å²) >= 11 is 0. The van der Waals surface area contributed by atoms with Crippen molar-refractivity contribution in [1.82, 2.24) is 14.5 Å². The molecule has 1 fully saturated rings. The molecule has 0 saturated heterocycles. The van der Waals surface area contributed by atoms with Crippen molar-refractivity contribution in [1.29, 1.82) is 0 Å². The average Bonchev–Trinajstić information content (AvgIpc) is 2.75. The number of benzene rings is 1. The second-order valence-corrected chi connectivity index (χ2v) is 7.32. The van der Waals surface area contributed by atoms with Crippen molar-refractivity contribution in [2.24, 2.45) is 4.99 Å². The van der Waals surface area contributed by atoms with E-state index in [0.29, 0.717) is 22.9 Å². The van der Waals surface area contributed by atoms with E-state index in [9.17, 15) is 4.79 Å². The molecule has 1 aromatic carbocycles. The molecule has 1 aliphatic rings. The maximum absolute atomic E-state index is 13.1. The van der Waals surface area contributed by atoms with E-state index in [2.05, 4.69) is 9.97 Å². The number of nitrogens with zero attached hydrogens (tertiary/aromatic N) is 4. The van der Waals surface area contributed by atoms with Crippen LogP contribution in [-0.2, 0) is 0 Å². The van der Waals surface area contributed by atoms with Gasteiger partial charge in [0.25, 0.3) is 5.91 Å². The number of rotatable bonds is 3. The molecule has 5 nitrogen and oxygen atoms in total. The Balaban J connectivity index is 1.65. The predicted molar refractivity (Wildman–Crippen MR) is 109 cm³/mol. The predicted octanol–water partition coefficient (Wildman–Crippen LogP) is 4.18. The first-order valence-corrected chi connectivity index (χ1v) is 9.86. The summed E-state index contributed by atoms with van der Waals surface area (Å²) < 4.78 is 1.61. The van der Waals surface area contributed by atoms with E-state index in [1.165, 1.54) is 19.3 Å². The van der Waals surface area contributed by atoms with E-state index in [1.54, 1.807) is 23.2 Å². The molecule has 142 valence electrons. The normalized spacial score (nSPS) is 15.5. The van der Waals surface area contributed by atoms with Crippen molar-refractivity contribution < 1.29 is 4.79 Å². The van der Waals surface area contributed by atoms with Gasteiger partial charge in [-0.1, -0.05) is 49.6 Å². The van der Waals surface area contributed by atoms with Gasteiger partial charge in [0.2, 0.25) is 0 Å². The zero-order valence-electron chi connectivity index (χ0n) is 16.1. The SMILES string of the molecule is Cc1ccn(C(=O)c2cnc(-c3ccccc3)nc2)c(=NC2CCCCC2)c1. The third-order valence-electron chi connectivity index (χ3n) is 5.13. The van der Waals surface area contributed by atoms with Gasteiger partial charge in [0.15, 0.2) is 5.82 Å². The first-order valence-electron chi connectivity index (χ1n) is 9.86. The molecule has 0 N–H and O–H groups in total. The third-order valence-corrected chi connectivity index (χ3v) is 5.13. The second-order valence-electron chi connectivity index (χ2n) is 7.32. The molecule has 1 saturated carbocycles. The molecule has 4 rings (SSSR count). The molecule has 5 heteroatoms. The van der Waals surface area contributed by atoms with Gasteiger partial charge in [0.1, 0.15) is 5.49 Å². The van der Waals surface area contributed by atoms with Crippen molar-refractivity contribution >= 4 is 5.91 Å². The third kappa shape index (κ3) is 4.09. The second kappa shape index (κ2) is 8.30. The van der Waals surface area contributed by atoms with Gasteiger partial charge in [-0.2, -0.15) is 0 Å².